The summed E-state index contributed by atoms with van der Waals surface area (Å²) in [6, 6.07) is 3.21. The summed E-state index contributed by atoms with van der Waals surface area (Å²) in [5, 5.41) is 3.20. The fourth-order valence-electron chi connectivity index (χ4n) is 2.91. The number of rotatable bonds is 5. The summed E-state index contributed by atoms with van der Waals surface area (Å²) in [4.78, 5) is 12.1. The zero-order valence-corrected chi connectivity index (χ0v) is 15.3. The average molecular weight is 395 g/mol. The number of hydrogen-bond acceptors (Lipinski definition) is 6. The first-order valence-corrected chi connectivity index (χ1v) is 9.43. The molecule has 2 atom stereocenters. The van der Waals surface area contributed by atoms with Crippen LogP contribution in [0.3, 0.4) is 0 Å². The van der Waals surface area contributed by atoms with E-state index in [9.17, 15) is 26.4 Å². The highest BCUT2D eigenvalue weighted by Gasteiger charge is 2.48. The second-order valence-electron chi connectivity index (χ2n) is 6.14. The fourth-order valence-corrected chi connectivity index (χ4v) is 3.37. The third-order valence-electron chi connectivity index (χ3n) is 4.36. The molecule has 1 N–H and O–H groups in total. The standard InChI is InChI=1S/C16H20F3NO5S/c1-4-15(3)12-7-6-11(25-26(22,23)16(17,18)19)8-10(12)9-13(20-15)14(21)24-5-2/h6-8,13,20H,4-5,9H2,1-3H3. The number of ether oxygens (including phenoxy) is 1. The summed E-state index contributed by atoms with van der Waals surface area (Å²) >= 11 is 0. The molecule has 146 valence electrons. The van der Waals surface area contributed by atoms with Crippen molar-refractivity contribution in [1.29, 1.82) is 0 Å². The van der Waals surface area contributed by atoms with E-state index in [0.717, 1.165) is 5.56 Å². The summed E-state index contributed by atoms with van der Waals surface area (Å²) in [5.41, 5.74) is -4.85. The first-order valence-electron chi connectivity index (χ1n) is 8.02. The van der Waals surface area contributed by atoms with Gasteiger partial charge in [-0.25, -0.2) is 0 Å². The van der Waals surface area contributed by atoms with Gasteiger partial charge in [-0.2, -0.15) is 21.6 Å². The highest BCUT2D eigenvalue weighted by atomic mass is 32.2. The monoisotopic (exact) mass is 395 g/mol. The number of carbonyl (C=O) groups excluding carboxylic acids is 1. The Balaban J connectivity index is 2.40. The maximum absolute atomic E-state index is 12.5. The minimum absolute atomic E-state index is 0.146. The highest BCUT2D eigenvalue weighted by molar-refractivity contribution is 7.88. The van der Waals surface area contributed by atoms with Gasteiger partial charge in [0.15, 0.2) is 0 Å². The number of benzene rings is 1. The summed E-state index contributed by atoms with van der Waals surface area (Å²) < 4.78 is 69.1. The van der Waals surface area contributed by atoms with Gasteiger partial charge in [0.25, 0.3) is 0 Å². The molecule has 0 saturated heterocycles. The van der Waals surface area contributed by atoms with Gasteiger partial charge in [0, 0.05) is 5.54 Å². The molecule has 1 heterocycles. The van der Waals surface area contributed by atoms with Crippen molar-refractivity contribution in [2.45, 2.75) is 50.7 Å². The van der Waals surface area contributed by atoms with Crippen LogP contribution < -0.4 is 9.50 Å². The van der Waals surface area contributed by atoms with Crippen molar-refractivity contribution in [3.63, 3.8) is 0 Å². The molecule has 0 amide bonds. The van der Waals surface area contributed by atoms with Gasteiger partial charge in [0.2, 0.25) is 0 Å². The molecule has 6 nitrogen and oxygen atoms in total. The van der Waals surface area contributed by atoms with Gasteiger partial charge in [-0.1, -0.05) is 13.0 Å². The van der Waals surface area contributed by atoms with E-state index in [1.54, 1.807) is 6.92 Å². The lowest BCUT2D eigenvalue weighted by atomic mass is 9.79. The molecule has 10 heteroatoms. The smallest absolute Gasteiger partial charge is 0.465 e. The van der Waals surface area contributed by atoms with E-state index >= 15 is 0 Å². The van der Waals surface area contributed by atoms with Gasteiger partial charge in [0.05, 0.1) is 6.61 Å². The van der Waals surface area contributed by atoms with E-state index < -0.39 is 38.9 Å². The Hall–Kier alpha value is -1.81. The number of esters is 1. The molecule has 0 aliphatic carbocycles. The Morgan fingerprint density at radius 1 is 1.35 bits per heavy atom. The molecule has 2 rings (SSSR count). The topological polar surface area (TPSA) is 81.7 Å². The van der Waals surface area contributed by atoms with Crippen LogP contribution in [0.4, 0.5) is 13.2 Å². The molecule has 0 fully saturated rings. The number of alkyl halides is 3. The molecule has 0 aromatic heterocycles. The van der Waals surface area contributed by atoms with E-state index in [2.05, 4.69) is 9.50 Å². The second-order valence-corrected chi connectivity index (χ2v) is 7.68. The van der Waals surface area contributed by atoms with Crippen molar-refractivity contribution in [3.05, 3.63) is 29.3 Å². The third kappa shape index (κ3) is 3.96. The minimum atomic E-state index is -5.76. The van der Waals surface area contributed by atoms with E-state index in [1.807, 2.05) is 13.8 Å². The molecule has 2 unspecified atom stereocenters. The van der Waals surface area contributed by atoms with Crippen LogP contribution in [0.25, 0.3) is 0 Å². The van der Waals surface area contributed by atoms with E-state index in [1.165, 1.54) is 18.2 Å². The third-order valence-corrected chi connectivity index (χ3v) is 5.33. The molecule has 0 saturated carbocycles. The van der Waals surface area contributed by atoms with Crippen molar-refractivity contribution in [3.8, 4) is 5.75 Å². The molecule has 1 aliphatic rings. The maximum atomic E-state index is 12.5. The molecule has 26 heavy (non-hydrogen) atoms. The zero-order valence-electron chi connectivity index (χ0n) is 14.5. The Morgan fingerprint density at radius 2 is 2.00 bits per heavy atom. The second kappa shape index (κ2) is 7.07. The molecule has 0 spiro atoms. The summed E-state index contributed by atoms with van der Waals surface area (Å²) in [6.45, 7) is 5.61. The molecule has 1 aromatic carbocycles. The van der Waals surface area contributed by atoms with Gasteiger partial charge < -0.3 is 8.92 Å². The highest BCUT2D eigenvalue weighted by Crippen LogP contribution is 2.36. The maximum Gasteiger partial charge on any atom is 0.534 e. The molecular weight excluding hydrogens is 375 g/mol. The van der Waals surface area contributed by atoms with Crippen molar-refractivity contribution in [2.75, 3.05) is 6.61 Å². The van der Waals surface area contributed by atoms with E-state index in [4.69, 9.17) is 4.74 Å². The van der Waals surface area contributed by atoms with Crippen LogP contribution in [-0.4, -0.2) is 32.5 Å². The lowest BCUT2D eigenvalue weighted by Crippen LogP contribution is -2.54. The summed E-state index contributed by atoms with van der Waals surface area (Å²) in [7, 11) is -5.76. The van der Waals surface area contributed by atoms with E-state index in [-0.39, 0.29) is 13.0 Å². The van der Waals surface area contributed by atoms with Crippen LogP contribution in [0.5, 0.6) is 5.75 Å². The van der Waals surface area contributed by atoms with Crippen LogP contribution in [0.15, 0.2) is 18.2 Å². The number of carbonyl (C=O) groups is 1. The minimum Gasteiger partial charge on any atom is -0.465 e. The van der Waals surface area contributed by atoms with Gasteiger partial charge in [-0.15, -0.1) is 0 Å². The number of hydrogen-bond donors (Lipinski definition) is 1. The lowest BCUT2D eigenvalue weighted by Gasteiger charge is -2.40. The predicted octanol–water partition coefficient (Wildman–Crippen LogP) is 2.62. The first kappa shape index (κ1) is 20.5. The SMILES string of the molecule is CCOC(=O)C1Cc2cc(OS(=O)(=O)C(F)(F)F)ccc2C(C)(CC)N1. The Bertz CT molecular complexity index is 794. The van der Waals surface area contributed by atoms with E-state index in [0.29, 0.717) is 12.0 Å². The molecule has 1 aromatic rings. The Kier molecular flexibility index (Phi) is 5.57. The van der Waals surface area contributed by atoms with Crippen LogP contribution in [0.1, 0.15) is 38.3 Å². The first-order chi connectivity index (χ1) is 11.9. The van der Waals surface area contributed by atoms with Crippen molar-refractivity contribution in [2.24, 2.45) is 0 Å². The molecule has 1 aliphatic heterocycles. The molecule has 0 bridgehead atoms. The fraction of sp³-hybridized carbons (Fsp3) is 0.562. The number of halogens is 3. The van der Waals surface area contributed by atoms with Crippen molar-refractivity contribution >= 4 is 16.1 Å². The Labute approximate surface area is 149 Å². The van der Waals surface area contributed by atoms with Gasteiger partial charge in [0.1, 0.15) is 11.8 Å². The van der Waals surface area contributed by atoms with Crippen molar-refractivity contribution in [1.82, 2.24) is 5.32 Å². The number of fused-ring (bicyclic) bond motifs is 1. The van der Waals surface area contributed by atoms with Gasteiger partial charge in [-0.05, 0) is 49.9 Å². The zero-order chi connectivity index (χ0) is 19.8. The number of nitrogens with one attached hydrogen (secondary N) is 1. The summed E-state index contributed by atoms with van der Waals surface area (Å²) in [6.07, 6.45) is 0.740. The van der Waals surface area contributed by atoms with Crippen LogP contribution >= 0.6 is 0 Å². The quantitative estimate of drug-likeness (QED) is 0.469. The van der Waals surface area contributed by atoms with Crippen molar-refractivity contribution < 1.29 is 35.3 Å². The largest absolute Gasteiger partial charge is 0.534 e. The van der Waals surface area contributed by atoms with Gasteiger partial charge in [-0.3, -0.25) is 10.1 Å². The van der Waals surface area contributed by atoms with Crippen LogP contribution in [0.2, 0.25) is 0 Å². The lowest BCUT2D eigenvalue weighted by molar-refractivity contribution is -0.146. The Morgan fingerprint density at radius 3 is 2.54 bits per heavy atom. The summed E-state index contributed by atoms with van der Waals surface area (Å²) in [5.74, 6) is -0.934. The predicted molar refractivity (Wildman–Crippen MR) is 86.9 cm³/mol. The molecule has 0 radical (unpaired) electrons. The normalized spacial score (nSPS) is 23.2. The molecular formula is C16H20F3NO5S. The van der Waals surface area contributed by atoms with Crippen LogP contribution in [0, 0.1) is 0 Å². The van der Waals surface area contributed by atoms with Crippen LogP contribution in [-0.2, 0) is 31.6 Å². The average Bonchev–Trinajstić information content (AvgIpc) is 2.53. The van der Waals surface area contributed by atoms with Gasteiger partial charge >= 0.3 is 21.6 Å².